The molecule has 0 atom stereocenters. The Labute approximate surface area is 378 Å². The maximum Gasteiger partial charge on any atom is 0.104 e. The highest BCUT2D eigenvalue weighted by Crippen LogP contribution is 2.24. The summed E-state index contributed by atoms with van der Waals surface area (Å²) in [6, 6.07) is 21.9. The van der Waals surface area contributed by atoms with E-state index < -0.39 is 7.82 Å². The molecule has 2 rings (SSSR count). The molecule has 0 aliphatic heterocycles. The Balaban J connectivity index is 0.000000984. The smallest absolute Gasteiger partial charge is 0.104 e. The third-order valence-electron chi connectivity index (χ3n) is 11.7. The molecular weight excluding hydrogens is 776 g/mol. The fourth-order valence-corrected chi connectivity index (χ4v) is 8.38. The molecule has 0 saturated heterocycles. The van der Waals surface area contributed by atoms with E-state index in [0.29, 0.717) is 0 Å². The molecule has 0 aliphatic rings. The molecule has 356 valence electrons. The van der Waals surface area contributed by atoms with E-state index >= 15 is 0 Å². The number of hydrogen-bond acceptors (Lipinski definition) is 5. The molecule has 61 heavy (non-hydrogen) atoms. The normalized spacial score (nSPS) is 11.8. The van der Waals surface area contributed by atoms with E-state index in [1.807, 2.05) is 0 Å². The molecular formula is C53H99N2O5P. The zero-order valence-electron chi connectivity index (χ0n) is 40.9. The van der Waals surface area contributed by atoms with Crippen LogP contribution in [0.15, 0.2) is 60.7 Å². The van der Waals surface area contributed by atoms with E-state index in [-0.39, 0.29) is 19.6 Å². The van der Waals surface area contributed by atoms with Gasteiger partial charge in [-0.2, -0.15) is 0 Å². The lowest BCUT2D eigenvalue weighted by Crippen LogP contribution is -2.39. The van der Waals surface area contributed by atoms with Crippen molar-refractivity contribution in [3.63, 3.8) is 0 Å². The molecule has 0 fully saturated rings. The van der Waals surface area contributed by atoms with Crippen LogP contribution in [0.4, 0.5) is 0 Å². The first kappa shape index (κ1) is 59.4. The monoisotopic (exact) mass is 875 g/mol. The summed E-state index contributed by atoms with van der Waals surface area (Å²) in [4.78, 5) is 19.3. The van der Waals surface area contributed by atoms with E-state index in [1.54, 1.807) is 0 Å². The molecule has 0 bridgehead atoms. The molecule has 0 amide bonds. The maximum atomic E-state index is 9.67. The summed E-state index contributed by atoms with van der Waals surface area (Å²) < 4.78 is 15.7. The number of unbranched alkanes of at least 4 members (excludes halogenated alkanes) is 26. The van der Waals surface area contributed by atoms with Gasteiger partial charge in [0.1, 0.15) is 13.1 Å². The molecule has 0 unspecified atom stereocenters. The van der Waals surface area contributed by atoms with Crippen molar-refractivity contribution < 1.29 is 32.9 Å². The topological polar surface area (TPSA) is 92.7 Å². The third-order valence-corrected chi connectivity index (χ3v) is 12.2. The minimum atomic E-state index is -4.81. The van der Waals surface area contributed by atoms with Gasteiger partial charge in [-0.25, -0.2) is 0 Å². The van der Waals surface area contributed by atoms with Crippen molar-refractivity contribution in [2.24, 2.45) is 0 Å². The summed E-state index contributed by atoms with van der Waals surface area (Å²) in [5.41, 5.74) is 2.92. The first-order valence-electron chi connectivity index (χ1n) is 25.3. The Morgan fingerprint density at radius 1 is 0.443 bits per heavy atom. The fraction of sp³-hybridized carbons (Fsp3) is 0.774. The second-order valence-corrected chi connectivity index (χ2v) is 20.3. The summed E-state index contributed by atoms with van der Waals surface area (Å²) in [6.45, 7) is 9.08. The van der Waals surface area contributed by atoms with Gasteiger partial charge < -0.3 is 32.9 Å². The summed E-state index contributed by atoms with van der Waals surface area (Å²) in [5.74, 6) is 0. The van der Waals surface area contributed by atoms with Gasteiger partial charge in [0.25, 0.3) is 0 Å². The van der Waals surface area contributed by atoms with Crippen LogP contribution in [0.5, 0.6) is 0 Å². The first-order valence-corrected chi connectivity index (χ1v) is 26.8. The van der Waals surface area contributed by atoms with Crippen LogP contribution in [0.3, 0.4) is 0 Å². The van der Waals surface area contributed by atoms with Crippen molar-refractivity contribution in [1.29, 1.82) is 0 Å². The molecule has 0 spiro atoms. The Kier molecular flexibility index (Phi) is 40.1. The van der Waals surface area contributed by atoms with Crippen LogP contribution in [-0.4, -0.2) is 68.6 Å². The van der Waals surface area contributed by atoms with Crippen LogP contribution in [0, 0.1) is 0 Å². The summed E-state index contributed by atoms with van der Waals surface area (Å²) in [7, 11) is 4.67. The van der Waals surface area contributed by atoms with Gasteiger partial charge in [0.05, 0.1) is 55.7 Å². The lowest BCUT2D eigenvalue weighted by Gasteiger charge is -2.30. The number of rotatable bonds is 38. The number of aliphatic hydroxyl groups is 1. The van der Waals surface area contributed by atoms with E-state index in [2.05, 4.69) is 107 Å². The van der Waals surface area contributed by atoms with Gasteiger partial charge >= 0.3 is 0 Å². The second-order valence-electron chi connectivity index (χ2n) is 19.2. The molecule has 0 radical (unpaired) electrons. The molecule has 2 aromatic carbocycles. The van der Waals surface area contributed by atoms with Crippen molar-refractivity contribution in [1.82, 2.24) is 0 Å². The van der Waals surface area contributed by atoms with E-state index in [4.69, 9.17) is 5.11 Å². The quantitative estimate of drug-likeness (QED) is 0.0412. The van der Waals surface area contributed by atoms with Gasteiger partial charge in [-0.15, -0.1) is 0 Å². The van der Waals surface area contributed by atoms with Crippen LogP contribution in [-0.2, 0) is 22.2 Å². The van der Waals surface area contributed by atoms with Crippen molar-refractivity contribution in [3.8, 4) is 0 Å². The van der Waals surface area contributed by atoms with Crippen LogP contribution >= 0.6 is 7.82 Å². The lowest BCUT2D eigenvalue weighted by molar-refractivity contribution is -0.903. The van der Waals surface area contributed by atoms with Crippen LogP contribution in [0.1, 0.15) is 211 Å². The molecule has 8 heteroatoms. The zero-order chi connectivity index (χ0) is 45.2. The highest BCUT2D eigenvalue weighted by Gasteiger charge is 2.16. The third kappa shape index (κ3) is 44.8. The number of quaternary nitrogens is 2. The van der Waals surface area contributed by atoms with Crippen LogP contribution < -0.4 is 9.79 Å². The Hall–Kier alpha value is -1.57. The van der Waals surface area contributed by atoms with Crippen molar-refractivity contribution in [2.75, 3.05) is 54.5 Å². The SMILES string of the molecule is CCCCCCCCCCCCCCCC[N+](C)(C)Cc1ccccc1.CCCCCCCCCCCCCCCC[N+](C)(C)Cc1ccccc1.O=P([O-])([O-])OCCCO. The highest BCUT2D eigenvalue weighted by molar-refractivity contribution is 7.43. The molecule has 0 aliphatic carbocycles. The number of aliphatic hydroxyl groups excluding tert-OH is 1. The summed E-state index contributed by atoms with van der Waals surface area (Å²) in [6.07, 6.45) is 40.5. The largest absolute Gasteiger partial charge is 0.790 e. The lowest BCUT2D eigenvalue weighted by atomic mass is 10.0. The number of phosphoric ester groups is 1. The molecule has 0 aromatic heterocycles. The number of benzene rings is 2. The zero-order valence-corrected chi connectivity index (χ0v) is 41.8. The standard InChI is InChI=1S/2C25H46N.C3H9O5P/c2*1-4-5-6-7-8-9-10-11-12-13-14-15-16-20-23-26(2,3)24-25-21-18-17-19-22-25;4-2-1-3-8-9(5,6)7/h2*17-19,21-22H,4-16,20,23-24H2,1-3H3;4H,1-3H2,(H2,5,6,7)/q2*+1;/p-2. The van der Waals surface area contributed by atoms with E-state index in [0.717, 1.165) is 22.1 Å². The highest BCUT2D eigenvalue weighted by atomic mass is 31.2. The number of nitrogens with zero attached hydrogens (tertiary/aromatic N) is 2. The van der Waals surface area contributed by atoms with Gasteiger partial charge in [-0.3, -0.25) is 0 Å². The van der Waals surface area contributed by atoms with Crippen molar-refractivity contribution in [2.45, 2.75) is 213 Å². The Bertz CT molecular complexity index is 1140. The van der Waals surface area contributed by atoms with Crippen LogP contribution in [0.2, 0.25) is 0 Å². The average molecular weight is 875 g/mol. The van der Waals surface area contributed by atoms with Gasteiger partial charge in [-0.1, -0.05) is 229 Å². The predicted molar refractivity (Wildman–Crippen MR) is 260 cm³/mol. The van der Waals surface area contributed by atoms with E-state index in [9.17, 15) is 14.4 Å². The van der Waals surface area contributed by atoms with Gasteiger partial charge in [0.2, 0.25) is 0 Å². The van der Waals surface area contributed by atoms with Crippen LogP contribution in [0.25, 0.3) is 0 Å². The summed E-state index contributed by atoms with van der Waals surface area (Å²) in [5, 5.41) is 8.09. The Morgan fingerprint density at radius 2 is 0.705 bits per heavy atom. The van der Waals surface area contributed by atoms with E-state index in [1.165, 1.54) is 204 Å². The molecule has 1 N–H and O–H groups in total. The van der Waals surface area contributed by atoms with Gasteiger partial charge in [0, 0.05) is 17.7 Å². The first-order chi connectivity index (χ1) is 29.3. The predicted octanol–water partition coefficient (Wildman–Crippen LogP) is 13.7. The molecule has 2 aromatic rings. The molecule has 0 saturated carbocycles. The molecule has 0 heterocycles. The van der Waals surface area contributed by atoms with Gasteiger partial charge in [0.15, 0.2) is 0 Å². The maximum absolute atomic E-state index is 9.67. The van der Waals surface area contributed by atoms with Gasteiger partial charge in [-0.05, 0) is 32.1 Å². The average Bonchev–Trinajstić information content (AvgIpc) is 3.21. The number of hydrogen-bond donors (Lipinski definition) is 1. The van der Waals surface area contributed by atoms with Crippen molar-refractivity contribution in [3.05, 3.63) is 71.8 Å². The fourth-order valence-electron chi connectivity index (χ4n) is 8.02. The molecule has 7 nitrogen and oxygen atoms in total. The minimum absolute atomic E-state index is 0.161. The van der Waals surface area contributed by atoms with Crippen molar-refractivity contribution >= 4 is 7.82 Å². The Morgan fingerprint density at radius 3 is 0.951 bits per heavy atom. The summed E-state index contributed by atoms with van der Waals surface area (Å²) >= 11 is 0. The minimum Gasteiger partial charge on any atom is -0.790 e. The second kappa shape index (κ2) is 41.2. The number of phosphoric acid groups is 1.